The van der Waals surface area contributed by atoms with E-state index in [-0.39, 0.29) is 50.4 Å². The minimum atomic E-state index is -0.846. The van der Waals surface area contributed by atoms with Gasteiger partial charge >= 0.3 is 17.9 Å². The third-order valence-corrected chi connectivity index (χ3v) is 11.6. The van der Waals surface area contributed by atoms with Gasteiger partial charge in [0.2, 0.25) is 0 Å². The van der Waals surface area contributed by atoms with Crippen LogP contribution in [0.5, 0.6) is 0 Å². The fourth-order valence-corrected chi connectivity index (χ4v) is 7.22. The predicted octanol–water partition coefficient (Wildman–Crippen LogP) is 20.6. The highest BCUT2D eigenvalue weighted by molar-refractivity contribution is 5.71. The summed E-state index contributed by atoms with van der Waals surface area (Å²) < 4.78 is 16.8. The molecule has 0 saturated carbocycles. The van der Waals surface area contributed by atoms with E-state index in [1.165, 1.54) is 12.8 Å². The zero-order chi connectivity index (χ0) is 55.7. The van der Waals surface area contributed by atoms with Crippen molar-refractivity contribution >= 4 is 17.9 Å². The standard InChI is InChI=1S/C71H106O6/c1-4-7-10-13-16-19-22-25-28-31-33-34-35-36-38-40-43-46-49-52-55-58-61-64-70(73)76-67-68(66-75-69(72)63-60-57-54-51-48-45-42-39-30-27-24-21-18-15-12-9-6-3)77-71(74)65-62-59-56-53-50-47-44-41-37-32-29-26-23-20-17-14-11-8-5-2/h7-12,16-21,25-30,33-34,36-38,41-43,45-46,51-52,54-55,68H,4-6,13-15,22-24,31-32,35,39-40,44,47-50,53,56-67H2,1-3H3/b10-7-,11-8-,12-9-,19-16-,20-17-,21-18-,28-25-,29-26-,30-27-,34-33-,38-36-,41-37-,45-42-,46-43-,54-51-,55-52-. The van der Waals surface area contributed by atoms with E-state index in [4.69, 9.17) is 14.2 Å². The molecule has 0 aromatic rings. The maximum atomic E-state index is 12.9. The quantitative estimate of drug-likeness (QED) is 0.0261. The van der Waals surface area contributed by atoms with Crippen LogP contribution in [0.25, 0.3) is 0 Å². The Morgan fingerprint density at radius 2 is 0.481 bits per heavy atom. The Morgan fingerprint density at radius 3 is 0.766 bits per heavy atom. The number of unbranched alkanes of at least 4 members (excludes halogenated alkanes) is 8. The Hall–Kier alpha value is -5.75. The Bertz CT molecular complexity index is 1880. The molecule has 6 nitrogen and oxygen atoms in total. The van der Waals surface area contributed by atoms with E-state index in [2.05, 4.69) is 215 Å². The molecule has 0 spiro atoms. The van der Waals surface area contributed by atoms with Gasteiger partial charge in [-0.3, -0.25) is 14.4 Å². The SMILES string of the molecule is CC/C=C\C/C=C\C/C=C\C/C=C\C/C=C\C/C=C\C/C=C\CCCC(=O)OCC(COC(=O)CCC/C=C\C/C=C\C/C=C\C/C=C\C/C=C\CC)OC(=O)CCCCCCCC/C=C\C/C=C\C/C=C\C/C=C\CC. The van der Waals surface area contributed by atoms with E-state index < -0.39 is 6.10 Å². The molecule has 0 radical (unpaired) electrons. The Kier molecular flexibility index (Phi) is 58.1. The summed E-state index contributed by atoms with van der Waals surface area (Å²) in [7, 11) is 0. The highest BCUT2D eigenvalue weighted by Crippen LogP contribution is 2.12. The van der Waals surface area contributed by atoms with Gasteiger partial charge in [-0.1, -0.05) is 241 Å². The van der Waals surface area contributed by atoms with Gasteiger partial charge in [-0.05, 0) is 148 Å². The molecule has 0 aromatic carbocycles. The van der Waals surface area contributed by atoms with Gasteiger partial charge in [0.15, 0.2) is 6.10 Å². The molecule has 1 unspecified atom stereocenters. The minimum Gasteiger partial charge on any atom is -0.462 e. The highest BCUT2D eigenvalue weighted by Gasteiger charge is 2.19. The topological polar surface area (TPSA) is 78.9 Å². The summed E-state index contributed by atoms with van der Waals surface area (Å²) in [5.41, 5.74) is 0. The lowest BCUT2D eigenvalue weighted by molar-refractivity contribution is -0.167. The number of hydrogen-bond acceptors (Lipinski definition) is 6. The summed E-state index contributed by atoms with van der Waals surface area (Å²) in [5, 5.41) is 0. The van der Waals surface area contributed by atoms with Crippen LogP contribution in [0.1, 0.15) is 213 Å². The average Bonchev–Trinajstić information content (AvgIpc) is 3.43. The molecule has 0 heterocycles. The lowest BCUT2D eigenvalue weighted by atomic mass is 10.1. The number of rotatable bonds is 51. The van der Waals surface area contributed by atoms with Crippen LogP contribution in [0.15, 0.2) is 194 Å². The van der Waals surface area contributed by atoms with Crippen LogP contribution in [0.4, 0.5) is 0 Å². The number of carbonyl (C=O) groups is 3. The predicted molar refractivity (Wildman–Crippen MR) is 334 cm³/mol. The van der Waals surface area contributed by atoms with E-state index in [0.717, 1.165) is 148 Å². The van der Waals surface area contributed by atoms with Crippen molar-refractivity contribution in [3.63, 3.8) is 0 Å². The molecule has 0 fully saturated rings. The summed E-state index contributed by atoms with van der Waals surface area (Å²) in [5.74, 6) is -1.08. The largest absolute Gasteiger partial charge is 0.462 e. The fourth-order valence-electron chi connectivity index (χ4n) is 7.22. The summed E-state index contributed by atoms with van der Waals surface area (Å²) in [6, 6.07) is 0. The molecule has 0 saturated heterocycles. The third kappa shape index (κ3) is 61.0. The number of hydrogen-bond donors (Lipinski definition) is 0. The van der Waals surface area contributed by atoms with Crippen LogP contribution in [0.3, 0.4) is 0 Å². The monoisotopic (exact) mass is 1050 g/mol. The van der Waals surface area contributed by atoms with Crippen LogP contribution in [0.2, 0.25) is 0 Å². The molecule has 0 amide bonds. The molecule has 77 heavy (non-hydrogen) atoms. The Morgan fingerprint density at radius 1 is 0.260 bits per heavy atom. The fraction of sp³-hybridized carbons (Fsp3) is 0.507. The molecule has 0 aliphatic carbocycles. The van der Waals surface area contributed by atoms with Crippen LogP contribution < -0.4 is 0 Å². The molecular formula is C71H106O6. The van der Waals surface area contributed by atoms with E-state index in [0.29, 0.717) is 12.8 Å². The zero-order valence-electron chi connectivity index (χ0n) is 48.6. The van der Waals surface area contributed by atoms with Crippen molar-refractivity contribution < 1.29 is 28.6 Å². The molecule has 0 aliphatic heterocycles. The molecule has 0 aromatic heterocycles. The van der Waals surface area contributed by atoms with Crippen molar-refractivity contribution in [1.82, 2.24) is 0 Å². The van der Waals surface area contributed by atoms with Crippen molar-refractivity contribution in [2.75, 3.05) is 13.2 Å². The average molecular weight is 1060 g/mol. The van der Waals surface area contributed by atoms with Gasteiger partial charge in [-0.25, -0.2) is 0 Å². The first kappa shape index (κ1) is 71.2. The zero-order valence-corrected chi connectivity index (χ0v) is 48.6. The van der Waals surface area contributed by atoms with Crippen molar-refractivity contribution in [1.29, 1.82) is 0 Å². The lowest BCUT2D eigenvalue weighted by Gasteiger charge is -2.18. The highest BCUT2D eigenvalue weighted by atomic mass is 16.6. The minimum absolute atomic E-state index is 0.143. The molecule has 0 aliphatic rings. The number of allylic oxidation sites excluding steroid dienone is 32. The normalized spacial score (nSPS) is 13.5. The second-order valence-corrected chi connectivity index (χ2v) is 18.8. The Labute approximate surface area is 471 Å². The first-order valence-electron chi connectivity index (χ1n) is 29.9. The maximum Gasteiger partial charge on any atom is 0.306 e. The second-order valence-electron chi connectivity index (χ2n) is 18.8. The van der Waals surface area contributed by atoms with Gasteiger partial charge in [-0.15, -0.1) is 0 Å². The smallest absolute Gasteiger partial charge is 0.306 e. The van der Waals surface area contributed by atoms with Gasteiger partial charge in [-0.2, -0.15) is 0 Å². The van der Waals surface area contributed by atoms with Crippen molar-refractivity contribution in [3.8, 4) is 0 Å². The summed E-state index contributed by atoms with van der Waals surface area (Å²) >= 11 is 0. The molecule has 6 heteroatoms. The Balaban J connectivity index is 4.64. The van der Waals surface area contributed by atoms with Gasteiger partial charge in [0.25, 0.3) is 0 Å². The maximum absolute atomic E-state index is 12.9. The number of ether oxygens (including phenoxy) is 3. The first-order valence-corrected chi connectivity index (χ1v) is 29.9. The second kappa shape index (κ2) is 62.8. The van der Waals surface area contributed by atoms with Crippen molar-refractivity contribution in [2.45, 2.75) is 219 Å². The van der Waals surface area contributed by atoms with Gasteiger partial charge < -0.3 is 14.2 Å². The van der Waals surface area contributed by atoms with Crippen molar-refractivity contribution in [2.24, 2.45) is 0 Å². The van der Waals surface area contributed by atoms with Crippen LogP contribution in [-0.4, -0.2) is 37.2 Å². The van der Waals surface area contributed by atoms with Gasteiger partial charge in [0.1, 0.15) is 13.2 Å². The molecular weight excluding hydrogens is 949 g/mol. The first-order chi connectivity index (χ1) is 38.0. The molecule has 1 atom stereocenters. The summed E-state index contributed by atoms with van der Waals surface area (Å²) in [4.78, 5) is 38.2. The molecule has 0 N–H and O–H groups in total. The van der Waals surface area contributed by atoms with Gasteiger partial charge in [0.05, 0.1) is 0 Å². The summed E-state index contributed by atoms with van der Waals surface area (Å²) in [6.07, 6.45) is 95.7. The van der Waals surface area contributed by atoms with Crippen LogP contribution in [-0.2, 0) is 28.6 Å². The van der Waals surface area contributed by atoms with E-state index in [9.17, 15) is 14.4 Å². The molecule has 0 bridgehead atoms. The molecule has 0 rings (SSSR count). The third-order valence-electron chi connectivity index (χ3n) is 11.6. The van der Waals surface area contributed by atoms with Crippen LogP contribution in [0, 0.1) is 0 Å². The summed E-state index contributed by atoms with van der Waals surface area (Å²) in [6.45, 7) is 6.17. The number of esters is 3. The lowest BCUT2D eigenvalue weighted by Crippen LogP contribution is -2.30. The van der Waals surface area contributed by atoms with Crippen molar-refractivity contribution in [3.05, 3.63) is 194 Å². The van der Waals surface area contributed by atoms with E-state index in [1.807, 2.05) is 0 Å². The van der Waals surface area contributed by atoms with Gasteiger partial charge in [0, 0.05) is 19.3 Å². The molecule has 426 valence electrons. The number of carbonyl (C=O) groups excluding carboxylic acids is 3. The van der Waals surface area contributed by atoms with Crippen LogP contribution >= 0.6 is 0 Å². The van der Waals surface area contributed by atoms with E-state index >= 15 is 0 Å². The van der Waals surface area contributed by atoms with E-state index in [1.54, 1.807) is 0 Å².